The Balaban J connectivity index is 3.29. The third-order valence-corrected chi connectivity index (χ3v) is 4.24. The van der Waals surface area contributed by atoms with Gasteiger partial charge >= 0.3 is 5.97 Å². The molecule has 112 valence electrons. The molecule has 1 aromatic rings. The number of aliphatic carboxylic acids is 1. The second-order valence-electron chi connectivity index (χ2n) is 5.25. The topological polar surface area (TPSA) is 74.7 Å². The molecule has 1 N–H and O–H groups in total. The highest BCUT2D eigenvalue weighted by atomic mass is 32.2. The van der Waals surface area contributed by atoms with E-state index in [9.17, 15) is 13.2 Å². The lowest BCUT2D eigenvalue weighted by Gasteiger charge is -2.27. The Morgan fingerprint density at radius 3 is 2.25 bits per heavy atom. The lowest BCUT2D eigenvalue weighted by atomic mass is 10.0. The zero-order valence-corrected chi connectivity index (χ0v) is 13.0. The first-order chi connectivity index (χ1) is 9.14. The van der Waals surface area contributed by atoms with Crippen molar-refractivity contribution in [1.29, 1.82) is 0 Å². The minimum Gasteiger partial charge on any atom is -0.481 e. The summed E-state index contributed by atoms with van der Waals surface area (Å²) in [7, 11) is -3.53. The van der Waals surface area contributed by atoms with Crippen molar-refractivity contribution < 1.29 is 18.3 Å². The zero-order chi connectivity index (χ0) is 15.5. The Labute approximate surface area is 120 Å². The first-order valence-electron chi connectivity index (χ1n) is 6.44. The summed E-state index contributed by atoms with van der Waals surface area (Å²) in [5.41, 5.74) is 1.44. The van der Waals surface area contributed by atoms with Crippen LogP contribution in [0.25, 0.3) is 0 Å². The SMILES string of the molecule is CC(CN(c1ccccc1C(C)C)S(C)(=O)=O)C(=O)O. The summed E-state index contributed by atoms with van der Waals surface area (Å²) >= 11 is 0. The van der Waals surface area contributed by atoms with Crippen LogP contribution in [0, 0.1) is 5.92 Å². The number of rotatable bonds is 6. The van der Waals surface area contributed by atoms with Gasteiger partial charge in [0.2, 0.25) is 10.0 Å². The van der Waals surface area contributed by atoms with E-state index in [1.165, 1.54) is 11.2 Å². The van der Waals surface area contributed by atoms with Gasteiger partial charge < -0.3 is 5.11 Å². The number of benzene rings is 1. The number of carbonyl (C=O) groups is 1. The lowest BCUT2D eigenvalue weighted by molar-refractivity contribution is -0.140. The average Bonchev–Trinajstić information content (AvgIpc) is 2.33. The number of hydrogen-bond donors (Lipinski definition) is 1. The van der Waals surface area contributed by atoms with E-state index in [0.29, 0.717) is 5.69 Å². The van der Waals surface area contributed by atoms with Crippen molar-refractivity contribution in [1.82, 2.24) is 0 Å². The second kappa shape index (κ2) is 6.26. The van der Waals surface area contributed by atoms with Crippen molar-refractivity contribution in [3.05, 3.63) is 29.8 Å². The van der Waals surface area contributed by atoms with Gasteiger partial charge in [0.25, 0.3) is 0 Å². The molecule has 0 heterocycles. The van der Waals surface area contributed by atoms with Crippen LogP contribution < -0.4 is 4.31 Å². The minimum absolute atomic E-state index is 0.0715. The van der Waals surface area contributed by atoms with Gasteiger partial charge in [-0.2, -0.15) is 0 Å². The van der Waals surface area contributed by atoms with Gasteiger partial charge in [-0.1, -0.05) is 39.0 Å². The first kappa shape index (κ1) is 16.5. The summed E-state index contributed by atoms with van der Waals surface area (Å²) in [5.74, 6) is -1.64. The number of anilines is 1. The monoisotopic (exact) mass is 299 g/mol. The number of hydrogen-bond acceptors (Lipinski definition) is 3. The van der Waals surface area contributed by atoms with Crippen molar-refractivity contribution in [2.75, 3.05) is 17.1 Å². The van der Waals surface area contributed by atoms with Crippen LogP contribution >= 0.6 is 0 Å². The van der Waals surface area contributed by atoms with Gasteiger partial charge in [0.15, 0.2) is 0 Å². The molecule has 0 fully saturated rings. The summed E-state index contributed by atoms with van der Waals surface area (Å²) in [6.45, 7) is 5.37. The van der Waals surface area contributed by atoms with Crippen LogP contribution in [0.5, 0.6) is 0 Å². The molecule has 0 aromatic heterocycles. The van der Waals surface area contributed by atoms with Gasteiger partial charge in [0, 0.05) is 6.54 Å². The van der Waals surface area contributed by atoms with E-state index in [0.717, 1.165) is 11.8 Å². The van der Waals surface area contributed by atoms with E-state index in [4.69, 9.17) is 5.11 Å². The maximum atomic E-state index is 12.0. The quantitative estimate of drug-likeness (QED) is 0.874. The van der Waals surface area contributed by atoms with Gasteiger partial charge in [0.1, 0.15) is 0 Å². The van der Waals surface area contributed by atoms with E-state index in [2.05, 4.69) is 0 Å². The van der Waals surface area contributed by atoms with Crippen LogP contribution in [0.15, 0.2) is 24.3 Å². The molecule has 0 aliphatic heterocycles. The highest BCUT2D eigenvalue weighted by molar-refractivity contribution is 7.92. The molecule has 0 spiro atoms. The van der Waals surface area contributed by atoms with E-state index >= 15 is 0 Å². The van der Waals surface area contributed by atoms with Crippen LogP contribution in [-0.2, 0) is 14.8 Å². The van der Waals surface area contributed by atoms with Crippen molar-refractivity contribution in [3.8, 4) is 0 Å². The molecule has 0 amide bonds. The Morgan fingerprint density at radius 1 is 1.25 bits per heavy atom. The van der Waals surface area contributed by atoms with Gasteiger partial charge in [-0.05, 0) is 17.5 Å². The Bertz CT molecular complexity index is 581. The predicted octanol–water partition coefficient (Wildman–Crippen LogP) is 2.30. The molecular formula is C14H21NO4S. The van der Waals surface area contributed by atoms with Crippen LogP contribution in [0.4, 0.5) is 5.69 Å². The van der Waals surface area contributed by atoms with Crippen molar-refractivity contribution >= 4 is 21.7 Å². The van der Waals surface area contributed by atoms with Crippen LogP contribution in [0.3, 0.4) is 0 Å². The van der Waals surface area contributed by atoms with E-state index in [-0.39, 0.29) is 12.5 Å². The molecular weight excluding hydrogens is 278 g/mol. The largest absolute Gasteiger partial charge is 0.481 e. The fraction of sp³-hybridized carbons (Fsp3) is 0.500. The smallest absolute Gasteiger partial charge is 0.308 e. The molecule has 0 saturated heterocycles. The molecule has 1 unspecified atom stereocenters. The summed E-state index contributed by atoms with van der Waals surface area (Å²) in [5, 5.41) is 9.00. The molecule has 0 radical (unpaired) electrons. The molecule has 1 rings (SSSR count). The molecule has 0 aliphatic rings. The number of carboxylic acid groups (broad SMARTS) is 1. The molecule has 5 nitrogen and oxygen atoms in total. The molecule has 6 heteroatoms. The van der Waals surface area contributed by atoms with Gasteiger partial charge in [-0.25, -0.2) is 8.42 Å². The molecule has 0 saturated carbocycles. The normalized spacial score (nSPS) is 13.2. The van der Waals surface area contributed by atoms with Crippen molar-refractivity contribution in [3.63, 3.8) is 0 Å². The van der Waals surface area contributed by atoms with Crippen molar-refractivity contribution in [2.24, 2.45) is 5.92 Å². The Morgan fingerprint density at radius 2 is 1.80 bits per heavy atom. The van der Waals surface area contributed by atoms with Gasteiger partial charge in [0.05, 0.1) is 17.9 Å². The summed E-state index contributed by atoms with van der Waals surface area (Å²) in [6, 6.07) is 7.18. The fourth-order valence-corrected chi connectivity index (χ4v) is 2.96. The molecule has 0 aliphatic carbocycles. The zero-order valence-electron chi connectivity index (χ0n) is 12.2. The minimum atomic E-state index is -3.53. The van der Waals surface area contributed by atoms with Crippen LogP contribution in [0.2, 0.25) is 0 Å². The number of nitrogens with zero attached hydrogens (tertiary/aromatic N) is 1. The number of sulfonamides is 1. The van der Waals surface area contributed by atoms with E-state index < -0.39 is 21.9 Å². The highest BCUT2D eigenvalue weighted by Crippen LogP contribution is 2.29. The second-order valence-corrected chi connectivity index (χ2v) is 7.15. The average molecular weight is 299 g/mol. The van der Waals surface area contributed by atoms with Crippen LogP contribution in [0.1, 0.15) is 32.3 Å². The van der Waals surface area contributed by atoms with Crippen LogP contribution in [-0.4, -0.2) is 32.3 Å². The highest BCUT2D eigenvalue weighted by Gasteiger charge is 2.25. The molecule has 1 aromatic carbocycles. The fourth-order valence-electron chi connectivity index (χ4n) is 1.94. The Kier molecular flexibility index (Phi) is 5.16. The lowest BCUT2D eigenvalue weighted by Crippen LogP contribution is -2.37. The van der Waals surface area contributed by atoms with E-state index in [1.54, 1.807) is 12.1 Å². The molecule has 20 heavy (non-hydrogen) atoms. The summed E-state index contributed by atoms with van der Waals surface area (Å²) in [6.07, 6.45) is 1.10. The third kappa shape index (κ3) is 3.96. The number of para-hydroxylation sites is 1. The third-order valence-electron chi connectivity index (χ3n) is 3.09. The summed E-state index contributed by atoms with van der Waals surface area (Å²) < 4.78 is 25.2. The summed E-state index contributed by atoms with van der Waals surface area (Å²) in [4.78, 5) is 11.0. The first-order valence-corrected chi connectivity index (χ1v) is 8.29. The van der Waals surface area contributed by atoms with Gasteiger partial charge in [-0.3, -0.25) is 9.10 Å². The maximum absolute atomic E-state index is 12.0. The van der Waals surface area contributed by atoms with Crippen molar-refractivity contribution in [2.45, 2.75) is 26.7 Å². The maximum Gasteiger partial charge on any atom is 0.308 e. The Hall–Kier alpha value is -1.56. The molecule has 1 atom stereocenters. The number of carboxylic acids is 1. The van der Waals surface area contributed by atoms with E-state index in [1.807, 2.05) is 26.0 Å². The predicted molar refractivity (Wildman–Crippen MR) is 79.5 cm³/mol. The molecule has 0 bridgehead atoms. The van der Waals surface area contributed by atoms with Gasteiger partial charge in [-0.15, -0.1) is 0 Å². The standard InChI is InChI=1S/C14H21NO4S/c1-10(2)12-7-5-6-8-13(12)15(20(4,18)19)9-11(3)14(16)17/h5-8,10-11H,9H2,1-4H3,(H,16,17).